The molecule has 0 aromatic heterocycles. The van der Waals surface area contributed by atoms with E-state index in [2.05, 4.69) is 34.7 Å². The summed E-state index contributed by atoms with van der Waals surface area (Å²) in [5, 5.41) is 9.24. The molecule has 1 rings (SSSR count). The van der Waals surface area contributed by atoms with Gasteiger partial charge in [-0.05, 0) is 34.6 Å². The van der Waals surface area contributed by atoms with Gasteiger partial charge in [-0.1, -0.05) is 0 Å². The second-order valence-electron chi connectivity index (χ2n) is 7.42. The van der Waals surface area contributed by atoms with Crippen molar-refractivity contribution in [3.05, 3.63) is 0 Å². The van der Waals surface area contributed by atoms with Crippen LogP contribution in [0.15, 0.2) is 4.99 Å². The summed E-state index contributed by atoms with van der Waals surface area (Å²) in [4.78, 5) is 19.0. The maximum absolute atomic E-state index is 11.9. The summed E-state index contributed by atoms with van der Waals surface area (Å²) in [6.07, 6.45) is 0. The van der Waals surface area contributed by atoms with Gasteiger partial charge in [0.15, 0.2) is 5.96 Å². The molecule has 1 amide bonds. The average molecular weight is 469 g/mol. The maximum Gasteiger partial charge on any atom is 0.227 e. The van der Waals surface area contributed by atoms with Crippen molar-refractivity contribution in [3.63, 3.8) is 0 Å². The number of ether oxygens (including phenoxy) is 1. The molecule has 1 saturated heterocycles. The fraction of sp³-hybridized carbons (Fsp3) is 0.882. The molecule has 0 atom stereocenters. The summed E-state index contributed by atoms with van der Waals surface area (Å²) in [7, 11) is 1.66. The van der Waals surface area contributed by atoms with Crippen molar-refractivity contribution in [3.8, 4) is 0 Å². The molecule has 8 heteroatoms. The Bertz CT molecular complexity index is 435. The Morgan fingerprint density at radius 2 is 1.76 bits per heavy atom. The van der Waals surface area contributed by atoms with E-state index in [-0.39, 0.29) is 35.4 Å². The van der Waals surface area contributed by atoms with Gasteiger partial charge >= 0.3 is 0 Å². The van der Waals surface area contributed by atoms with E-state index in [0.29, 0.717) is 13.1 Å². The molecule has 0 aliphatic carbocycles. The summed E-state index contributed by atoms with van der Waals surface area (Å²) in [6.45, 7) is 15.7. The molecular formula is C17H36IN5O2. The van der Waals surface area contributed by atoms with Crippen molar-refractivity contribution < 1.29 is 9.53 Å². The Hall–Kier alpha value is -0.610. The topological polar surface area (TPSA) is 78.0 Å². The van der Waals surface area contributed by atoms with Crippen molar-refractivity contribution in [1.82, 2.24) is 20.9 Å². The zero-order chi connectivity index (χ0) is 18.2. The number of carbonyl (C=O) groups is 1. The molecule has 0 radical (unpaired) electrons. The highest BCUT2D eigenvalue weighted by atomic mass is 127. The third-order valence-electron chi connectivity index (χ3n) is 4.37. The number of morpholine rings is 1. The Balaban J connectivity index is 0.00000576. The molecular weight excluding hydrogens is 433 g/mol. The highest BCUT2D eigenvalue weighted by Gasteiger charge is 2.29. The lowest BCUT2D eigenvalue weighted by molar-refractivity contribution is -0.128. The average Bonchev–Trinajstić information content (AvgIpc) is 2.57. The molecule has 0 saturated carbocycles. The number of hydrogen-bond acceptors (Lipinski definition) is 4. The highest BCUT2D eigenvalue weighted by Crippen LogP contribution is 2.17. The van der Waals surface area contributed by atoms with Crippen LogP contribution in [-0.2, 0) is 9.53 Å². The third-order valence-corrected chi connectivity index (χ3v) is 4.37. The summed E-state index contributed by atoms with van der Waals surface area (Å²) >= 11 is 0. The van der Waals surface area contributed by atoms with Gasteiger partial charge in [0.1, 0.15) is 0 Å². The lowest BCUT2D eigenvalue weighted by atomic mass is 9.92. The minimum atomic E-state index is -0.495. The van der Waals surface area contributed by atoms with Gasteiger partial charge in [-0.3, -0.25) is 14.7 Å². The largest absolute Gasteiger partial charge is 0.379 e. The Kier molecular flexibility index (Phi) is 10.9. The number of nitrogens with one attached hydrogen (secondary N) is 3. The zero-order valence-electron chi connectivity index (χ0n) is 16.6. The lowest BCUT2D eigenvalue weighted by Gasteiger charge is -2.40. The standard InChI is InChI=1S/C17H35N5O2.HI/c1-7-19-15(20-12-16(2,3)14(23)18-6)21-13-17(4,5)22-8-10-24-11-9-22;/h7-13H2,1-6H3,(H,18,23)(H2,19,20,21);1H. The van der Waals surface area contributed by atoms with Gasteiger partial charge in [-0.2, -0.15) is 0 Å². The number of carbonyl (C=O) groups excluding carboxylic acids is 1. The van der Waals surface area contributed by atoms with Crippen LogP contribution in [0.1, 0.15) is 34.6 Å². The van der Waals surface area contributed by atoms with E-state index < -0.39 is 5.41 Å². The first kappa shape index (κ1) is 24.4. The van der Waals surface area contributed by atoms with E-state index in [9.17, 15) is 4.79 Å². The number of aliphatic imine (C=N–C) groups is 1. The minimum Gasteiger partial charge on any atom is -0.379 e. The van der Waals surface area contributed by atoms with Crippen LogP contribution in [0, 0.1) is 5.41 Å². The van der Waals surface area contributed by atoms with Crippen LogP contribution in [-0.4, -0.2) is 75.3 Å². The molecule has 0 spiro atoms. The number of hydrogen-bond donors (Lipinski definition) is 3. The molecule has 0 bridgehead atoms. The molecule has 7 nitrogen and oxygen atoms in total. The highest BCUT2D eigenvalue weighted by molar-refractivity contribution is 14.0. The molecule has 148 valence electrons. The zero-order valence-corrected chi connectivity index (χ0v) is 18.9. The van der Waals surface area contributed by atoms with Crippen molar-refractivity contribution >= 4 is 35.8 Å². The van der Waals surface area contributed by atoms with Crippen molar-refractivity contribution in [2.75, 3.05) is 53.0 Å². The predicted molar refractivity (Wildman–Crippen MR) is 114 cm³/mol. The SMILES string of the molecule is CCNC(=NCC(C)(C)N1CCOCC1)NCC(C)(C)C(=O)NC.I. The van der Waals surface area contributed by atoms with E-state index >= 15 is 0 Å². The van der Waals surface area contributed by atoms with Crippen LogP contribution in [0.25, 0.3) is 0 Å². The smallest absolute Gasteiger partial charge is 0.227 e. The van der Waals surface area contributed by atoms with Crippen LogP contribution >= 0.6 is 24.0 Å². The van der Waals surface area contributed by atoms with Crippen molar-refractivity contribution in [2.24, 2.45) is 10.4 Å². The quantitative estimate of drug-likeness (QED) is 0.295. The first-order valence-electron chi connectivity index (χ1n) is 8.80. The van der Waals surface area contributed by atoms with Gasteiger partial charge in [0.25, 0.3) is 0 Å². The van der Waals surface area contributed by atoms with E-state index in [0.717, 1.165) is 38.8 Å². The molecule has 0 aromatic rings. The molecule has 0 unspecified atom stereocenters. The first-order valence-corrected chi connectivity index (χ1v) is 8.80. The molecule has 3 N–H and O–H groups in total. The third kappa shape index (κ3) is 8.08. The van der Waals surface area contributed by atoms with Crippen molar-refractivity contribution in [2.45, 2.75) is 40.2 Å². The number of rotatable bonds is 7. The summed E-state index contributed by atoms with van der Waals surface area (Å²) in [5.74, 6) is 0.760. The Labute approximate surface area is 169 Å². The fourth-order valence-corrected chi connectivity index (χ4v) is 2.61. The lowest BCUT2D eigenvalue weighted by Crippen LogP contribution is -2.52. The number of nitrogens with zero attached hydrogens (tertiary/aromatic N) is 2. The normalized spacial score (nSPS) is 16.8. The van der Waals surface area contributed by atoms with Crippen LogP contribution in [0.5, 0.6) is 0 Å². The van der Waals surface area contributed by atoms with E-state index in [1.54, 1.807) is 7.05 Å². The van der Waals surface area contributed by atoms with E-state index in [4.69, 9.17) is 9.73 Å². The van der Waals surface area contributed by atoms with Crippen LogP contribution < -0.4 is 16.0 Å². The van der Waals surface area contributed by atoms with Crippen molar-refractivity contribution in [1.29, 1.82) is 0 Å². The fourth-order valence-electron chi connectivity index (χ4n) is 2.61. The Morgan fingerprint density at radius 1 is 1.16 bits per heavy atom. The van der Waals surface area contributed by atoms with Gasteiger partial charge in [0.05, 0.1) is 25.2 Å². The van der Waals surface area contributed by atoms with Gasteiger partial charge in [0, 0.05) is 38.8 Å². The molecule has 1 aliphatic rings. The molecule has 1 fully saturated rings. The first-order chi connectivity index (χ1) is 11.2. The number of amides is 1. The summed E-state index contributed by atoms with van der Waals surface area (Å²) < 4.78 is 5.43. The van der Waals surface area contributed by atoms with Gasteiger partial charge < -0.3 is 20.7 Å². The van der Waals surface area contributed by atoms with Crippen LogP contribution in [0.2, 0.25) is 0 Å². The number of guanidine groups is 1. The maximum atomic E-state index is 11.9. The minimum absolute atomic E-state index is 0. The van der Waals surface area contributed by atoms with Gasteiger partial charge in [0.2, 0.25) is 5.91 Å². The summed E-state index contributed by atoms with van der Waals surface area (Å²) in [5.41, 5.74) is -0.521. The number of halogens is 1. The van der Waals surface area contributed by atoms with E-state index in [1.165, 1.54) is 0 Å². The second-order valence-corrected chi connectivity index (χ2v) is 7.42. The van der Waals surface area contributed by atoms with Gasteiger partial charge in [-0.15, -0.1) is 24.0 Å². The molecule has 1 heterocycles. The van der Waals surface area contributed by atoms with Gasteiger partial charge in [-0.25, -0.2) is 0 Å². The predicted octanol–water partition coefficient (Wildman–Crippen LogP) is 1.04. The van der Waals surface area contributed by atoms with E-state index in [1.807, 2.05) is 20.8 Å². The second kappa shape index (κ2) is 11.2. The van der Waals surface area contributed by atoms with Crippen LogP contribution in [0.4, 0.5) is 0 Å². The molecule has 1 aliphatic heterocycles. The van der Waals surface area contributed by atoms with Crippen LogP contribution in [0.3, 0.4) is 0 Å². The monoisotopic (exact) mass is 469 g/mol. The Morgan fingerprint density at radius 3 is 2.28 bits per heavy atom. The summed E-state index contributed by atoms with van der Waals surface area (Å²) in [6, 6.07) is 0. The molecule has 25 heavy (non-hydrogen) atoms. The molecule has 0 aromatic carbocycles.